The molecule has 600 valence electrons. The van der Waals surface area contributed by atoms with E-state index in [9.17, 15) is 84.3 Å². The highest BCUT2D eigenvalue weighted by molar-refractivity contribution is 5.88. The van der Waals surface area contributed by atoms with E-state index in [-0.39, 0.29) is 80.5 Å². The van der Waals surface area contributed by atoms with Crippen molar-refractivity contribution in [2.75, 3.05) is 40.8 Å². The number of hydrogen-bond donors (Lipinski definition) is 12. The largest absolute Gasteiger partial charge is 0.481 e. The van der Waals surface area contributed by atoms with Gasteiger partial charge in [0.1, 0.15) is 46.6 Å². The Hall–Kier alpha value is -8.86. The van der Waals surface area contributed by atoms with Gasteiger partial charge in [-0.1, -0.05) is 56.8 Å². The number of carbonyl (C=O) groups excluding carboxylic acids is 6. The van der Waals surface area contributed by atoms with Crippen molar-refractivity contribution in [2.24, 2.45) is 11.7 Å². The number of rotatable bonds is 23. The van der Waals surface area contributed by atoms with Crippen LogP contribution in [0.4, 0.5) is 0 Å². The summed E-state index contributed by atoms with van der Waals surface area (Å²) in [6, 6.07) is 7.76. The number of nitrogens with zero attached hydrogens (tertiary/aromatic N) is 3. The average molecular weight is 1550 g/mol. The molecule has 12 aliphatic rings. The van der Waals surface area contributed by atoms with Crippen LogP contribution in [0.25, 0.3) is 0 Å². The minimum absolute atomic E-state index is 0.000868. The Balaban J connectivity index is 0.000000147. The molecular weight excluding hydrogens is 1440 g/mol. The van der Waals surface area contributed by atoms with Crippen LogP contribution in [0.5, 0.6) is 17.2 Å². The van der Waals surface area contributed by atoms with E-state index in [1.165, 1.54) is 20.8 Å². The lowest BCUT2D eigenvalue weighted by Crippen LogP contribution is -2.74. The van der Waals surface area contributed by atoms with Crippen LogP contribution in [0.15, 0.2) is 84.2 Å². The highest BCUT2D eigenvalue weighted by Gasteiger charge is 2.75. The van der Waals surface area contributed by atoms with Gasteiger partial charge in [0.2, 0.25) is 5.91 Å². The molecule has 3 aromatic rings. The lowest BCUT2D eigenvalue weighted by molar-refractivity contribution is -0.175. The molecule has 0 saturated carbocycles. The first kappa shape index (κ1) is 80.2. The normalized spacial score (nSPS) is 30.9. The van der Waals surface area contributed by atoms with E-state index in [4.69, 9.17) is 43.6 Å². The van der Waals surface area contributed by atoms with Crippen LogP contribution in [0, 0.1) is 5.92 Å². The zero-order valence-corrected chi connectivity index (χ0v) is 63.6. The maximum absolute atomic E-state index is 13.1. The Morgan fingerprint density at radius 1 is 0.523 bits per heavy atom. The zero-order chi connectivity index (χ0) is 80.3. The number of carbonyl (C=O) groups is 8. The van der Waals surface area contributed by atoms with Gasteiger partial charge >= 0.3 is 41.8 Å². The number of esters is 5. The molecule has 6 unspecified atom stereocenters. The van der Waals surface area contributed by atoms with Crippen molar-refractivity contribution < 1.29 is 122 Å². The number of hydrogen-bond acceptors (Lipinski definition) is 28. The van der Waals surface area contributed by atoms with Crippen molar-refractivity contribution in [2.45, 2.75) is 244 Å². The van der Waals surface area contributed by atoms with Crippen molar-refractivity contribution in [3.05, 3.63) is 134 Å². The molecule has 3 fully saturated rings. The van der Waals surface area contributed by atoms with E-state index in [0.29, 0.717) is 97.7 Å². The first-order valence-corrected chi connectivity index (χ1v) is 37.8. The number of ether oxygens (including phenoxy) is 8. The topological polar surface area (TPSA) is 452 Å². The molecule has 13 N–H and O–H groups in total. The molecule has 3 aromatic carbocycles. The molecule has 6 aliphatic carbocycles. The maximum atomic E-state index is 13.1. The van der Waals surface area contributed by atoms with Crippen LogP contribution in [-0.4, -0.2) is 239 Å². The molecule has 0 aromatic heterocycles. The predicted molar refractivity (Wildman–Crippen MR) is 389 cm³/mol. The van der Waals surface area contributed by atoms with Crippen LogP contribution in [-0.2, 0) is 117 Å². The standard InChI is InChI=1S/C29H36N2O10.C26H32N2O8.C25H32N2O7/c1-14(15(2)33)30-19(26(35)36)12-22(34)39-16(3)27(37)40-20-7-8-29(38)21-11-17-5-6-18(13-32)24-23(17)28(29,25(20)41-24)9-10-31(21)4;1-13(2)23(31)27-16(24(32)33)11-19(30)35-17-6-7-26(34)18-10-14-4-5-15(12-29)21-20(14)25(26,22(17)36-21)8-9-28(18)3;1-13(26)10-19(29)32-14(2)23(30)33-17-6-7-25(31)18-11-15-4-5-16(12-28)21-20(15)24(25,22(17)34-21)8-9-27(18)3/h5-7,15-16,19,21,25,30,32-33,38H,1,8-13H2,2-4H3,(H,35,36);4-6,13,16,18,22,29,34H,7-12H2,1-3H3,(H,27,31)(H,32,33);4-6,13-14,18,22,28,31H,7-12,26H2,1-3H3/t15-,16-,19-,21+,25?,28?,29+;16-,18+,22?,25?,26+;13-,14+,18-,22?,24?,25-/m001/s1. The number of aliphatic hydroxyl groups is 7. The summed E-state index contributed by atoms with van der Waals surface area (Å²) in [5.41, 5.74) is 7.27. The van der Waals surface area contributed by atoms with E-state index in [2.05, 4.69) is 31.9 Å². The van der Waals surface area contributed by atoms with Crippen molar-refractivity contribution in [3.8, 4) is 17.2 Å². The molecule has 0 radical (unpaired) electrons. The van der Waals surface area contributed by atoms with Gasteiger partial charge in [-0.05, 0) is 142 Å². The van der Waals surface area contributed by atoms with Crippen LogP contribution < -0.4 is 30.6 Å². The first-order valence-electron chi connectivity index (χ1n) is 37.8. The second kappa shape index (κ2) is 29.9. The van der Waals surface area contributed by atoms with Crippen molar-refractivity contribution in [1.82, 2.24) is 25.3 Å². The molecule has 31 nitrogen and oxygen atoms in total. The minimum Gasteiger partial charge on any atom is -0.481 e. The number of likely N-dealkylation sites (tertiary alicyclic amines) is 3. The van der Waals surface area contributed by atoms with E-state index in [1.807, 2.05) is 57.5 Å². The van der Waals surface area contributed by atoms with Gasteiger partial charge in [-0.15, -0.1) is 0 Å². The molecule has 6 heterocycles. The van der Waals surface area contributed by atoms with Gasteiger partial charge in [-0.25, -0.2) is 19.2 Å². The molecule has 18 atom stereocenters. The number of piperidine rings is 3. The maximum Gasteiger partial charge on any atom is 0.352 e. The van der Waals surface area contributed by atoms with Gasteiger partial charge < -0.3 is 115 Å². The Morgan fingerprint density at radius 3 is 1.18 bits per heavy atom. The lowest BCUT2D eigenvalue weighted by atomic mass is 9.50. The molecular formula is C80H100N6O25. The summed E-state index contributed by atoms with van der Waals surface area (Å²) < 4.78 is 46.8. The van der Waals surface area contributed by atoms with Crippen LogP contribution in [0.3, 0.4) is 0 Å². The number of aliphatic hydroxyl groups excluding tert-OH is 4. The summed E-state index contributed by atoms with van der Waals surface area (Å²) in [4.78, 5) is 105. The fourth-order valence-corrected chi connectivity index (χ4v) is 19.7. The fraction of sp³-hybridized carbons (Fsp3) is 0.575. The Labute approximate surface area is 640 Å². The summed E-state index contributed by atoms with van der Waals surface area (Å²) in [7, 11) is 5.99. The van der Waals surface area contributed by atoms with Gasteiger partial charge in [0, 0.05) is 88.4 Å². The van der Waals surface area contributed by atoms with E-state index < -0.39 is 148 Å². The van der Waals surface area contributed by atoms with Crippen molar-refractivity contribution >= 4 is 47.7 Å². The number of benzene rings is 3. The zero-order valence-electron chi connectivity index (χ0n) is 63.6. The fourth-order valence-electron chi connectivity index (χ4n) is 19.7. The molecule has 6 bridgehead atoms. The Morgan fingerprint density at radius 2 is 0.856 bits per heavy atom. The minimum atomic E-state index is -1.43. The summed E-state index contributed by atoms with van der Waals surface area (Å²) in [6.45, 7) is 14.1. The number of nitrogens with one attached hydrogen (secondary N) is 2. The molecule has 3 spiro atoms. The van der Waals surface area contributed by atoms with Gasteiger partial charge in [0.05, 0.1) is 78.2 Å². The SMILES string of the molecule is C=C(N[C@@H](CC(=O)O[C@@H](C)C(=O)OC1=CC[C@@]2(O)[C@H]3Cc4ccc(CO)c5c4C2(CCN3C)C1O5)C(=O)O)[C@H](C)O.CC(C)C(=O)N[C@@H](CC(=O)OC1=CC[C@@]2(O)[C@H]3Cc4ccc(CO)c5c4C2(CCN3C)C1O5)C(=O)O.C[C@H](OC(=O)C[C@@H](C)N)C(=O)OC1=CC[C@@]2(O)[C@H]3Cc4ccc(CO)c5c4C2(CCN3C)C1O5. The van der Waals surface area contributed by atoms with E-state index in [0.717, 1.165) is 39.9 Å². The Kier molecular flexibility index (Phi) is 21.6. The quantitative estimate of drug-likeness (QED) is 0.0473. The van der Waals surface area contributed by atoms with Crippen molar-refractivity contribution in [3.63, 3.8) is 0 Å². The second-order valence-corrected chi connectivity index (χ2v) is 32.2. The number of amides is 1. The summed E-state index contributed by atoms with van der Waals surface area (Å²) in [5.74, 6) is -5.24. The molecule has 6 aliphatic heterocycles. The highest BCUT2D eigenvalue weighted by Crippen LogP contribution is 2.68. The van der Waals surface area contributed by atoms with Crippen molar-refractivity contribution in [1.29, 1.82) is 0 Å². The summed E-state index contributed by atoms with van der Waals surface area (Å²) in [6.07, 6.45) is 2.34. The van der Waals surface area contributed by atoms with Crippen LogP contribution in [0.1, 0.15) is 149 Å². The third-order valence-corrected chi connectivity index (χ3v) is 25.4. The summed E-state index contributed by atoms with van der Waals surface area (Å²) >= 11 is 0. The third-order valence-electron chi connectivity index (χ3n) is 25.4. The second-order valence-electron chi connectivity index (χ2n) is 32.2. The van der Waals surface area contributed by atoms with E-state index >= 15 is 0 Å². The number of carboxylic acid groups (broad SMARTS) is 2. The van der Waals surface area contributed by atoms with E-state index in [1.54, 1.807) is 39.0 Å². The summed E-state index contributed by atoms with van der Waals surface area (Å²) in [5, 5.41) is 99.8. The molecule has 3 saturated heterocycles. The monoisotopic (exact) mass is 1540 g/mol. The van der Waals surface area contributed by atoms with Crippen LogP contribution in [0.2, 0.25) is 0 Å². The molecule has 15 rings (SSSR count). The molecule has 111 heavy (non-hydrogen) atoms. The lowest BCUT2D eigenvalue weighted by Gasteiger charge is -2.61. The highest BCUT2D eigenvalue weighted by atomic mass is 16.6. The third kappa shape index (κ3) is 12.9. The average Bonchev–Trinajstić information content (AvgIpc) is 1.57. The van der Waals surface area contributed by atoms with Crippen LogP contribution >= 0.6 is 0 Å². The number of likely N-dealkylation sites (N-methyl/N-ethyl adjacent to an activating group) is 3. The molecule has 31 heteroatoms. The van der Waals surface area contributed by atoms with Gasteiger partial charge in [0.25, 0.3) is 0 Å². The smallest absolute Gasteiger partial charge is 0.352 e. The van der Waals surface area contributed by atoms with Gasteiger partial charge in [-0.2, -0.15) is 0 Å². The van der Waals surface area contributed by atoms with Gasteiger partial charge in [0.15, 0.2) is 30.5 Å². The Bertz CT molecular complexity index is 4420. The number of carboxylic acids is 2. The number of nitrogens with two attached hydrogens (primary N) is 1. The number of aliphatic carboxylic acids is 2. The van der Waals surface area contributed by atoms with Gasteiger partial charge in [-0.3, -0.25) is 19.2 Å². The first-order chi connectivity index (χ1) is 52.5. The predicted octanol–water partition coefficient (Wildman–Crippen LogP) is 1.54. The molecule has 1 amide bonds.